The molecule has 21 heavy (non-hydrogen) atoms. The third kappa shape index (κ3) is 3.48. The molecule has 1 aromatic rings. The minimum atomic E-state index is 0.180. The Bertz CT molecular complexity index is 472. The van der Waals surface area contributed by atoms with Crippen molar-refractivity contribution in [3.8, 4) is 0 Å². The van der Waals surface area contributed by atoms with Crippen molar-refractivity contribution >= 4 is 5.91 Å². The van der Waals surface area contributed by atoms with Crippen molar-refractivity contribution < 1.29 is 4.79 Å². The molecule has 2 saturated carbocycles. The SMILES string of the molecule is CC(CC(=O)NCC1(c2ccccc2)CCCC1)C1CC1. The molecule has 2 nitrogen and oxygen atoms in total. The molecule has 1 N–H and O–H groups in total. The fourth-order valence-corrected chi connectivity index (χ4v) is 3.88. The van der Waals surface area contributed by atoms with Gasteiger partial charge in [0.05, 0.1) is 0 Å². The van der Waals surface area contributed by atoms with E-state index < -0.39 is 0 Å². The van der Waals surface area contributed by atoms with E-state index in [-0.39, 0.29) is 11.3 Å². The topological polar surface area (TPSA) is 29.1 Å². The van der Waals surface area contributed by atoms with Crippen LogP contribution in [0.3, 0.4) is 0 Å². The molecule has 2 fully saturated rings. The first-order valence-electron chi connectivity index (χ1n) is 8.52. The van der Waals surface area contributed by atoms with Crippen LogP contribution in [0, 0.1) is 11.8 Å². The molecule has 1 unspecified atom stereocenters. The number of nitrogens with one attached hydrogen (secondary N) is 1. The lowest BCUT2D eigenvalue weighted by molar-refractivity contribution is -0.122. The molecule has 3 rings (SSSR count). The Morgan fingerprint density at radius 1 is 1.24 bits per heavy atom. The van der Waals surface area contributed by atoms with E-state index in [1.807, 2.05) is 0 Å². The minimum absolute atomic E-state index is 0.180. The number of amides is 1. The van der Waals surface area contributed by atoms with Crippen LogP contribution in [0.15, 0.2) is 30.3 Å². The number of rotatable bonds is 6. The van der Waals surface area contributed by atoms with Crippen LogP contribution in [0.2, 0.25) is 0 Å². The van der Waals surface area contributed by atoms with Gasteiger partial charge in [0.2, 0.25) is 5.91 Å². The molecule has 0 spiro atoms. The van der Waals surface area contributed by atoms with Gasteiger partial charge in [-0.3, -0.25) is 4.79 Å². The van der Waals surface area contributed by atoms with Gasteiger partial charge in [0.1, 0.15) is 0 Å². The van der Waals surface area contributed by atoms with Crippen molar-refractivity contribution in [1.82, 2.24) is 5.32 Å². The number of hydrogen-bond acceptors (Lipinski definition) is 1. The molecule has 0 radical (unpaired) electrons. The molecule has 1 atom stereocenters. The van der Waals surface area contributed by atoms with Crippen LogP contribution >= 0.6 is 0 Å². The third-order valence-corrected chi connectivity index (χ3v) is 5.50. The summed E-state index contributed by atoms with van der Waals surface area (Å²) < 4.78 is 0. The average molecular weight is 285 g/mol. The summed E-state index contributed by atoms with van der Waals surface area (Å²) in [6.07, 6.45) is 8.32. The van der Waals surface area contributed by atoms with E-state index in [0.717, 1.165) is 12.5 Å². The molecule has 2 aliphatic carbocycles. The summed E-state index contributed by atoms with van der Waals surface area (Å²) in [6, 6.07) is 10.8. The van der Waals surface area contributed by atoms with E-state index in [9.17, 15) is 4.79 Å². The number of carbonyl (C=O) groups is 1. The van der Waals surface area contributed by atoms with Gasteiger partial charge in [-0.15, -0.1) is 0 Å². The lowest BCUT2D eigenvalue weighted by Crippen LogP contribution is -2.39. The molecule has 2 aliphatic rings. The summed E-state index contributed by atoms with van der Waals surface area (Å²) in [6.45, 7) is 3.03. The molecule has 0 aromatic heterocycles. The van der Waals surface area contributed by atoms with Gasteiger partial charge >= 0.3 is 0 Å². The zero-order valence-electron chi connectivity index (χ0n) is 13.1. The fourth-order valence-electron chi connectivity index (χ4n) is 3.88. The Morgan fingerprint density at radius 2 is 1.90 bits per heavy atom. The first-order chi connectivity index (χ1) is 10.2. The summed E-state index contributed by atoms with van der Waals surface area (Å²) in [5.41, 5.74) is 1.58. The summed E-state index contributed by atoms with van der Waals surface area (Å²) >= 11 is 0. The second kappa shape index (κ2) is 6.21. The lowest BCUT2D eigenvalue weighted by Gasteiger charge is -2.30. The van der Waals surface area contributed by atoms with Crippen molar-refractivity contribution in [2.24, 2.45) is 11.8 Å². The Kier molecular flexibility index (Phi) is 4.32. The zero-order valence-corrected chi connectivity index (χ0v) is 13.1. The molecule has 1 amide bonds. The van der Waals surface area contributed by atoms with E-state index in [4.69, 9.17) is 0 Å². The van der Waals surface area contributed by atoms with Crippen molar-refractivity contribution in [1.29, 1.82) is 0 Å². The fraction of sp³-hybridized carbons (Fsp3) is 0.632. The number of carbonyl (C=O) groups excluding carboxylic acids is 1. The van der Waals surface area contributed by atoms with Gasteiger partial charge < -0.3 is 5.32 Å². The van der Waals surface area contributed by atoms with Gasteiger partial charge in [0.25, 0.3) is 0 Å². The molecule has 0 heterocycles. The van der Waals surface area contributed by atoms with E-state index in [2.05, 4.69) is 42.6 Å². The highest BCUT2D eigenvalue weighted by Gasteiger charge is 2.36. The molecule has 1 aromatic carbocycles. The Hall–Kier alpha value is -1.31. The Morgan fingerprint density at radius 3 is 2.52 bits per heavy atom. The number of benzene rings is 1. The van der Waals surface area contributed by atoms with Crippen molar-refractivity contribution in [2.45, 2.75) is 57.3 Å². The standard InChI is InChI=1S/C19H27NO/c1-15(16-9-10-16)13-18(21)20-14-19(11-5-6-12-19)17-7-3-2-4-8-17/h2-4,7-8,15-16H,5-6,9-14H2,1H3,(H,20,21). The second-order valence-corrected chi connectivity index (χ2v) is 7.15. The quantitative estimate of drug-likeness (QED) is 0.839. The van der Waals surface area contributed by atoms with Crippen molar-refractivity contribution in [3.05, 3.63) is 35.9 Å². The molecule has 0 bridgehead atoms. The van der Waals surface area contributed by atoms with Crippen LogP contribution in [0.5, 0.6) is 0 Å². The third-order valence-electron chi connectivity index (χ3n) is 5.50. The normalized spacial score (nSPS) is 22.0. The first kappa shape index (κ1) is 14.6. The van der Waals surface area contributed by atoms with Crippen LogP contribution < -0.4 is 5.32 Å². The maximum atomic E-state index is 12.2. The Balaban J connectivity index is 1.59. The highest BCUT2D eigenvalue weighted by molar-refractivity contribution is 5.76. The van der Waals surface area contributed by atoms with Crippen LogP contribution in [-0.2, 0) is 10.2 Å². The van der Waals surface area contributed by atoms with Gasteiger partial charge in [-0.05, 0) is 43.1 Å². The van der Waals surface area contributed by atoms with Gasteiger partial charge in [0.15, 0.2) is 0 Å². The highest BCUT2D eigenvalue weighted by atomic mass is 16.1. The van der Waals surface area contributed by atoms with Gasteiger partial charge in [0, 0.05) is 18.4 Å². The molecule has 0 aliphatic heterocycles. The first-order valence-corrected chi connectivity index (χ1v) is 8.52. The Labute approximate surface area is 128 Å². The van der Waals surface area contributed by atoms with E-state index in [0.29, 0.717) is 12.3 Å². The second-order valence-electron chi connectivity index (χ2n) is 7.15. The summed E-state index contributed by atoms with van der Waals surface area (Å²) in [5, 5.41) is 3.24. The van der Waals surface area contributed by atoms with E-state index in [1.165, 1.54) is 44.1 Å². The van der Waals surface area contributed by atoms with Gasteiger partial charge in [-0.25, -0.2) is 0 Å². The van der Waals surface area contributed by atoms with Crippen LogP contribution in [0.25, 0.3) is 0 Å². The molecular weight excluding hydrogens is 258 g/mol. The zero-order chi connectivity index (χ0) is 14.7. The predicted molar refractivity (Wildman–Crippen MR) is 86.1 cm³/mol. The molecule has 2 heteroatoms. The van der Waals surface area contributed by atoms with Crippen molar-refractivity contribution in [2.75, 3.05) is 6.54 Å². The smallest absolute Gasteiger partial charge is 0.220 e. The molecular formula is C19H27NO. The highest BCUT2D eigenvalue weighted by Crippen LogP contribution is 2.41. The summed E-state index contributed by atoms with van der Waals surface area (Å²) in [5.74, 6) is 1.61. The average Bonchev–Trinajstić information content (AvgIpc) is 3.25. The van der Waals surface area contributed by atoms with Crippen LogP contribution in [-0.4, -0.2) is 12.5 Å². The van der Waals surface area contributed by atoms with E-state index >= 15 is 0 Å². The predicted octanol–water partition coefficient (Wildman–Crippen LogP) is 4.05. The lowest BCUT2D eigenvalue weighted by atomic mass is 9.79. The van der Waals surface area contributed by atoms with Gasteiger partial charge in [-0.1, -0.05) is 50.1 Å². The number of hydrogen-bond donors (Lipinski definition) is 1. The monoisotopic (exact) mass is 285 g/mol. The van der Waals surface area contributed by atoms with Gasteiger partial charge in [-0.2, -0.15) is 0 Å². The minimum Gasteiger partial charge on any atom is -0.355 e. The largest absolute Gasteiger partial charge is 0.355 e. The van der Waals surface area contributed by atoms with Crippen LogP contribution in [0.4, 0.5) is 0 Å². The maximum absolute atomic E-state index is 12.2. The van der Waals surface area contributed by atoms with E-state index in [1.54, 1.807) is 0 Å². The summed E-state index contributed by atoms with van der Waals surface area (Å²) in [7, 11) is 0. The summed E-state index contributed by atoms with van der Waals surface area (Å²) in [4.78, 5) is 12.2. The molecule has 114 valence electrons. The molecule has 0 saturated heterocycles. The van der Waals surface area contributed by atoms with Crippen LogP contribution in [0.1, 0.15) is 57.4 Å². The van der Waals surface area contributed by atoms with Crippen molar-refractivity contribution in [3.63, 3.8) is 0 Å². The maximum Gasteiger partial charge on any atom is 0.220 e.